The van der Waals surface area contributed by atoms with Gasteiger partial charge in [0.15, 0.2) is 0 Å². The van der Waals surface area contributed by atoms with Gasteiger partial charge in [-0.2, -0.15) is 26.3 Å². The maximum absolute atomic E-state index is 12.6. The minimum atomic E-state index is -6.01. The molecule has 0 aliphatic carbocycles. The number of aliphatic hydroxyl groups is 1. The molecule has 3 nitrogen and oxygen atoms in total. The van der Waals surface area contributed by atoms with Crippen LogP contribution >= 0.6 is 0 Å². The first-order chi connectivity index (χ1) is 8.08. The maximum atomic E-state index is 12.6. The van der Waals surface area contributed by atoms with E-state index in [1.165, 1.54) is 0 Å². The summed E-state index contributed by atoms with van der Waals surface area (Å²) >= 11 is 0. The molecule has 0 aromatic heterocycles. The maximum Gasteiger partial charge on any atom is 0.427 e. The Morgan fingerprint density at radius 3 is 1.53 bits per heavy atom. The zero-order valence-electron chi connectivity index (χ0n) is 10.1. The average Bonchev–Trinajstić information content (AvgIpc) is 2.11. The van der Waals surface area contributed by atoms with Crippen molar-refractivity contribution in [2.75, 3.05) is 0 Å². The molecule has 0 aliphatic rings. The Bertz CT molecular complexity index is 377. The Hall–Kier alpha value is -1.25. The van der Waals surface area contributed by atoms with Crippen molar-refractivity contribution in [1.82, 2.24) is 0 Å². The van der Waals surface area contributed by atoms with Crippen LogP contribution in [-0.2, 0) is 4.79 Å². The molecular weight excluding hydrogens is 282 g/mol. The number of carboxylic acid groups (broad SMARTS) is 1. The molecule has 19 heavy (non-hydrogen) atoms. The van der Waals surface area contributed by atoms with Gasteiger partial charge in [0, 0.05) is 11.0 Å². The number of carboxylic acids is 1. The molecule has 0 aromatic rings. The van der Waals surface area contributed by atoms with Crippen LogP contribution in [0, 0.1) is 5.41 Å². The highest BCUT2D eigenvalue weighted by Gasteiger charge is 2.76. The van der Waals surface area contributed by atoms with Crippen molar-refractivity contribution >= 4 is 5.97 Å². The van der Waals surface area contributed by atoms with E-state index in [1.807, 2.05) is 0 Å². The van der Waals surface area contributed by atoms with Crippen LogP contribution in [0.5, 0.6) is 0 Å². The third-order valence-corrected chi connectivity index (χ3v) is 2.67. The van der Waals surface area contributed by atoms with Crippen molar-refractivity contribution < 1.29 is 41.4 Å². The second-order valence-electron chi connectivity index (χ2n) is 4.56. The monoisotopic (exact) mass is 294 g/mol. The lowest BCUT2D eigenvalue weighted by Crippen LogP contribution is -2.65. The molecule has 0 saturated carbocycles. The normalized spacial score (nSPS) is 15.6. The Morgan fingerprint density at radius 2 is 1.32 bits per heavy atom. The fourth-order valence-electron chi connectivity index (χ4n) is 1.60. The molecule has 0 unspecified atom stereocenters. The molecule has 0 aliphatic heterocycles. The molecule has 0 radical (unpaired) electrons. The van der Waals surface area contributed by atoms with Gasteiger partial charge in [-0.15, -0.1) is 0 Å². The van der Waals surface area contributed by atoms with Crippen molar-refractivity contribution in [3.05, 3.63) is 11.6 Å². The molecule has 0 amide bonds. The third kappa shape index (κ3) is 3.02. The smallest absolute Gasteiger partial charge is 0.427 e. The number of hydrogen-bond donors (Lipinski definition) is 2. The summed E-state index contributed by atoms with van der Waals surface area (Å²) in [6.45, 7) is 1.75. The Morgan fingerprint density at radius 1 is 1.00 bits per heavy atom. The number of aliphatic carboxylic acids is 1. The first-order valence-electron chi connectivity index (χ1n) is 4.86. The van der Waals surface area contributed by atoms with E-state index in [2.05, 4.69) is 0 Å². The van der Waals surface area contributed by atoms with E-state index in [9.17, 15) is 31.1 Å². The van der Waals surface area contributed by atoms with Gasteiger partial charge in [-0.1, -0.05) is 19.9 Å². The van der Waals surface area contributed by atoms with Crippen molar-refractivity contribution in [2.45, 2.75) is 38.7 Å². The van der Waals surface area contributed by atoms with E-state index in [1.54, 1.807) is 0 Å². The Balaban J connectivity index is 6.06. The van der Waals surface area contributed by atoms with Gasteiger partial charge in [0.2, 0.25) is 0 Å². The van der Waals surface area contributed by atoms with Crippen LogP contribution in [0.1, 0.15) is 20.8 Å². The Labute approximate surface area is 104 Å². The number of hydrogen-bond acceptors (Lipinski definition) is 2. The topological polar surface area (TPSA) is 57.5 Å². The molecule has 0 heterocycles. The number of rotatable bonds is 3. The predicted molar refractivity (Wildman–Crippen MR) is 52.2 cm³/mol. The lowest BCUT2D eigenvalue weighted by Gasteiger charge is -2.42. The molecule has 2 N–H and O–H groups in total. The van der Waals surface area contributed by atoms with Crippen LogP contribution in [0.25, 0.3) is 0 Å². The number of carbonyl (C=O) groups is 1. The van der Waals surface area contributed by atoms with Crippen LogP contribution in [-0.4, -0.2) is 34.1 Å². The van der Waals surface area contributed by atoms with E-state index in [0.29, 0.717) is 13.8 Å². The van der Waals surface area contributed by atoms with Crippen molar-refractivity contribution in [1.29, 1.82) is 0 Å². The van der Waals surface area contributed by atoms with E-state index >= 15 is 0 Å². The van der Waals surface area contributed by atoms with E-state index < -0.39 is 34.9 Å². The predicted octanol–water partition coefficient (Wildman–Crippen LogP) is 2.90. The van der Waals surface area contributed by atoms with Crippen LogP contribution in [0.15, 0.2) is 11.6 Å². The van der Waals surface area contributed by atoms with Crippen LogP contribution in [0.2, 0.25) is 0 Å². The summed E-state index contributed by atoms with van der Waals surface area (Å²) in [5.74, 6) is -1.68. The summed E-state index contributed by atoms with van der Waals surface area (Å²) in [5, 5.41) is 17.7. The first kappa shape index (κ1) is 17.8. The lowest BCUT2D eigenvalue weighted by molar-refractivity contribution is -0.393. The van der Waals surface area contributed by atoms with Crippen molar-refractivity contribution in [3.8, 4) is 0 Å². The van der Waals surface area contributed by atoms with Gasteiger partial charge < -0.3 is 10.2 Å². The van der Waals surface area contributed by atoms with Gasteiger partial charge >= 0.3 is 18.3 Å². The number of halogens is 6. The standard InChI is InChI=1S/C10H12F6O3/c1-5(6(17)18)4-7(2,3)8(19,9(11,12)13)10(14,15)16/h4,19H,1-3H3,(H,17,18). The summed E-state index contributed by atoms with van der Waals surface area (Å²) in [6.07, 6.45) is -11.8. The van der Waals surface area contributed by atoms with Gasteiger partial charge in [0.25, 0.3) is 5.60 Å². The summed E-state index contributed by atoms with van der Waals surface area (Å²) in [6, 6.07) is 0. The molecule has 0 saturated heterocycles. The summed E-state index contributed by atoms with van der Waals surface area (Å²) < 4.78 is 75.6. The van der Waals surface area contributed by atoms with Crippen LogP contribution in [0.4, 0.5) is 26.3 Å². The fraction of sp³-hybridized carbons (Fsp3) is 0.700. The molecule has 0 aromatic carbocycles. The second kappa shape index (κ2) is 4.69. The minimum Gasteiger partial charge on any atom is -0.478 e. The van der Waals surface area contributed by atoms with Gasteiger partial charge in [-0.05, 0) is 6.92 Å². The van der Waals surface area contributed by atoms with Gasteiger partial charge in [-0.3, -0.25) is 0 Å². The number of alkyl halides is 6. The lowest BCUT2D eigenvalue weighted by atomic mass is 9.72. The van der Waals surface area contributed by atoms with E-state index in [-0.39, 0.29) is 6.08 Å². The molecule has 0 fully saturated rings. The zero-order chi connectivity index (χ0) is 15.9. The highest BCUT2D eigenvalue weighted by atomic mass is 19.4. The molecule has 9 heteroatoms. The SMILES string of the molecule is CC(=CC(C)(C)C(O)(C(F)(F)F)C(F)(F)F)C(=O)O. The largest absolute Gasteiger partial charge is 0.478 e. The average molecular weight is 294 g/mol. The molecule has 0 spiro atoms. The molecular formula is C10H12F6O3. The zero-order valence-corrected chi connectivity index (χ0v) is 10.1. The molecule has 112 valence electrons. The Kier molecular flexibility index (Phi) is 4.39. The van der Waals surface area contributed by atoms with Crippen LogP contribution < -0.4 is 0 Å². The summed E-state index contributed by atoms with van der Waals surface area (Å²) in [4.78, 5) is 10.5. The minimum absolute atomic E-state index is 0.232. The second-order valence-corrected chi connectivity index (χ2v) is 4.56. The quantitative estimate of drug-likeness (QED) is 0.621. The third-order valence-electron chi connectivity index (χ3n) is 2.67. The molecule has 0 rings (SSSR count). The summed E-state index contributed by atoms with van der Waals surface area (Å²) in [7, 11) is 0. The van der Waals surface area contributed by atoms with Crippen molar-refractivity contribution in [3.63, 3.8) is 0 Å². The fourth-order valence-corrected chi connectivity index (χ4v) is 1.60. The van der Waals surface area contributed by atoms with E-state index in [0.717, 1.165) is 6.92 Å². The van der Waals surface area contributed by atoms with Gasteiger partial charge in [-0.25, -0.2) is 4.79 Å². The first-order valence-corrected chi connectivity index (χ1v) is 4.86. The van der Waals surface area contributed by atoms with Crippen molar-refractivity contribution in [2.24, 2.45) is 5.41 Å². The van der Waals surface area contributed by atoms with Crippen LogP contribution in [0.3, 0.4) is 0 Å². The highest BCUT2D eigenvalue weighted by molar-refractivity contribution is 5.85. The molecule has 0 bridgehead atoms. The van der Waals surface area contributed by atoms with Gasteiger partial charge in [0.1, 0.15) is 0 Å². The summed E-state index contributed by atoms with van der Waals surface area (Å²) in [5.41, 5.74) is -8.70. The highest BCUT2D eigenvalue weighted by Crippen LogP contribution is 2.53. The van der Waals surface area contributed by atoms with Gasteiger partial charge in [0.05, 0.1) is 0 Å². The van der Waals surface area contributed by atoms with E-state index in [4.69, 9.17) is 10.2 Å². The molecule has 0 atom stereocenters.